The maximum absolute atomic E-state index is 12.5. The fourth-order valence-electron chi connectivity index (χ4n) is 2.53. The third kappa shape index (κ3) is 7.43. The number of aliphatic hydroxyl groups is 1. The molecule has 28 heavy (non-hydrogen) atoms. The lowest BCUT2D eigenvalue weighted by Gasteiger charge is -2.18. The number of carbonyl (C=O) groups is 3. The smallest absolute Gasteiger partial charge is 0.342 e. The average Bonchev–Trinajstić information content (AvgIpc) is 2.52. The second kappa shape index (κ2) is 10.5. The topological polar surface area (TPSA) is 140 Å². The highest BCUT2D eigenvalue weighted by atomic mass is 16.6. The lowest BCUT2D eigenvalue weighted by Crippen LogP contribution is -2.23. The number of aliphatic hydroxyl groups excluding tert-OH is 1. The molecule has 0 heterocycles. The highest BCUT2D eigenvalue weighted by Gasteiger charge is 2.24. The summed E-state index contributed by atoms with van der Waals surface area (Å²) in [5, 5.41) is 29.1. The van der Waals surface area contributed by atoms with E-state index in [1.165, 1.54) is 27.0 Å². The van der Waals surface area contributed by atoms with Crippen LogP contribution in [0.3, 0.4) is 0 Å². The number of phenolic OH excluding ortho intramolecular Hbond substituents is 2. The molecule has 0 amide bonds. The Morgan fingerprint density at radius 1 is 0.964 bits per heavy atom. The van der Waals surface area contributed by atoms with E-state index in [4.69, 9.17) is 9.47 Å². The Bertz CT molecular complexity index is 712. The van der Waals surface area contributed by atoms with E-state index < -0.39 is 42.0 Å². The summed E-state index contributed by atoms with van der Waals surface area (Å²) in [4.78, 5) is 35.4. The first-order valence-corrected chi connectivity index (χ1v) is 8.73. The van der Waals surface area contributed by atoms with Crippen molar-refractivity contribution in [2.24, 2.45) is 0 Å². The van der Waals surface area contributed by atoms with Gasteiger partial charge in [-0.1, -0.05) is 0 Å². The number of hydrogen-bond acceptors (Lipinski definition) is 9. The van der Waals surface area contributed by atoms with Crippen molar-refractivity contribution < 1.29 is 43.9 Å². The molecule has 0 bridgehead atoms. The third-order valence-electron chi connectivity index (χ3n) is 3.68. The number of esters is 3. The lowest BCUT2D eigenvalue weighted by atomic mass is 10.00. The first kappa shape index (κ1) is 23.2. The van der Waals surface area contributed by atoms with Gasteiger partial charge in [0.25, 0.3) is 0 Å². The summed E-state index contributed by atoms with van der Waals surface area (Å²) in [6.45, 7) is 4.51. The van der Waals surface area contributed by atoms with Gasteiger partial charge in [0.15, 0.2) is 0 Å². The Morgan fingerprint density at radius 2 is 1.61 bits per heavy atom. The van der Waals surface area contributed by atoms with Crippen LogP contribution in [0.2, 0.25) is 0 Å². The second-order valence-electron chi connectivity index (χ2n) is 6.55. The van der Waals surface area contributed by atoms with Crippen molar-refractivity contribution in [3.8, 4) is 11.5 Å². The summed E-state index contributed by atoms with van der Waals surface area (Å²) < 4.78 is 14.8. The van der Waals surface area contributed by atoms with E-state index in [2.05, 4.69) is 4.74 Å². The van der Waals surface area contributed by atoms with Crippen molar-refractivity contribution in [1.82, 2.24) is 0 Å². The molecule has 3 N–H and O–H groups in total. The van der Waals surface area contributed by atoms with Gasteiger partial charge in [0.05, 0.1) is 26.1 Å². The van der Waals surface area contributed by atoms with Gasteiger partial charge in [0.2, 0.25) is 0 Å². The van der Waals surface area contributed by atoms with Crippen LogP contribution in [0.5, 0.6) is 11.5 Å². The fourth-order valence-corrected chi connectivity index (χ4v) is 2.53. The molecule has 0 aliphatic heterocycles. The van der Waals surface area contributed by atoms with E-state index in [0.717, 1.165) is 6.07 Å². The number of rotatable bonds is 9. The zero-order valence-electron chi connectivity index (χ0n) is 16.3. The maximum atomic E-state index is 12.5. The molecular formula is C19H26O9. The van der Waals surface area contributed by atoms with E-state index >= 15 is 0 Å². The molecule has 0 aliphatic carbocycles. The van der Waals surface area contributed by atoms with Gasteiger partial charge in [-0.25, -0.2) is 4.79 Å². The second-order valence-corrected chi connectivity index (χ2v) is 6.55. The third-order valence-corrected chi connectivity index (χ3v) is 3.68. The van der Waals surface area contributed by atoms with Crippen LogP contribution in [0.15, 0.2) is 12.1 Å². The molecular weight excluding hydrogens is 372 g/mol. The molecule has 0 fully saturated rings. The number of phenols is 2. The molecule has 0 saturated heterocycles. The van der Waals surface area contributed by atoms with Crippen molar-refractivity contribution in [2.75, 3.05) is 7.11 Å². The van der Waals surface area contributed by atoms with Gasteiger partial charge in [0.1, 0.15) is 29.3 Å². The summed E-state index contributed by atoms with van der Waals surface area (Å²) in [6, 6.07) is 2.23. The minimum Gasteiger partial charge on any atom is -0.508 e. The molecule has 156 valence electrons. The zero-order chi connectivity index (χ0) is 21.4. The summed E-state index contributed by atoms with van der Waals surface area (Å²) in [5.41, 5.74) is -0.00180. The van der Waals surface area contributed by atoms with Gasteiger partial charge < -0.3 is 29.5 Å². The van der Waals surface area contributed by atoms with Crippen molar-refractivity contribution in [3.63, 3.8) is 0 Å². The molecule has 0 radical (unpaired) electrons. The Hall–Kier alpha value is -2.81. The quantitative estimate of drug-likeness (QED) is 0.416. The minimum atomic E-state index is -0.897. The first-order chi connectivity index (χ1) is 13.0. The SMILES string of the molecule is COC(=O)C[C@@H](C)OC(=O)c1c(O)cc(O)cc1C[C@@H](C)OC(=O)C[C@@H](C)O. The summed E-state index contributed by atoms with van der Waals surface area (Å²) in [5.74, 6) is -2.87. The Kier molecular flexibility index (Phi) is 8.72. The Morgan fingerprint density at radius 3 is 2.18 bits per heavy atom. The van der Waals surface area contributed by atoms with Crippen LogP contribution < -0.4 is 0 Å². The Balaban J connectivity index is 2.96. The van der Waals surface area contributed by atoms with Crippen LogP contribution in [0.25, 0.3) is 0 Å². The van der Waals surface area contributed by atoms with E-state index in [0.29, 0.717) is 0 Å². The highest BCUT2D eigenvalue weighted by molar-refractivity contribution is 5.94. The zero-order valence-corrected chi connectivity index (χ0v) is 16.3. The normalized spacial score (nSPS) is 13.9. The van der Waals surface area contributed by atoms with Crippen LogP contribution in [0, 0.1) is 0 Å². The molecule has 1 rings (SSSR count). The van der Waals surface area contributed by atoms with Crippen molar-refractivity contribution >= 4 is 17.9 Å². The van der Waals surface area contributed by atoms with E-state index in [9.17, 15) is 29.7 Å². The van der Waals surface area contributed by atoms with Crippen LogP contribution in [0.4, 0.5) is 0 Å². The summed E-state index contributed by atoms with van der Waals surface area (Å²) in [6.07, 6.45) is -2.71. The number of benzene rings is 1. The van der Waals surface area contributed by atoms with Gasteiger partial charge in [-0.2, -0.15) is 0 Å². The van der Waals surface area contributed by atoms with E-state index in [1.807, 2.05) is 0 Å². The molecule has 0 unspecified atom stereocenters. The molecule has 0 aromatic heterocycles. The Labute approximate surface area is 162 Å². The van der Waals surface area contributed by atoms with Crippen LogP contribution in [-0.4, -0.2) is 58.6 Å². The van der Waals surface area contributed by atoms with Gasteiger partial charge in [-0.3, -0.25) is 9.59 Å². The number of ether oxygens (including phenoxy) is 3. The van der Waals surface area contributed by atoms with Crippen molar-refractivity contribution in [2.45, 2.75) is 58.3 Å². The number of carbonyl (C=O) groups excluding carboxylic acids is 3. The van der Waals surface area contributed by atoms with Crippen LogP contribution in [-0.2, 0) is 30.2 Å². The van der Waals surface area contributed by atoms with Gasteiger partial charge in [0, 0.05) is 12.5 Å². The molecule has 0 spiro atoms. The predicted octanol–water partition coefficient (Wildman–Crippen LogP) is 1.45. The van der Waals surface area contributed by atoms with E-state index in [1.54, 1.807) is 6.92 Å². The molecule has 1 aromatic rings. The molecule has 0 saturated carbocycles. The first-order valence-electron chi connectivity index (χ1n) is 8.73. The highest BCUT2D eigenvalue weighted by Crippen LogP contribution is 2.29. The molecule has 9 heteroatoms. The number of aromatic hydroxyl groups is 2. The molecule has 0 aliphatic rings. The van der Waals surface area contributed by atoms with Crippen molar-refractivity contribution in [1.29, 1.82) is 0 Å². The number of methoxy groups -OCH3 is 1. The molecule has 3 atom stereocenters. The molecule has 1 aromatic carbocycles. The summed E-state index contributed by atoms with van der Waals surface area (Å²) >= 11 is 0. The number of hydrogen-bond donors (Lipinski definition) is 3. The lowest BCUT2D eigenvalue weighted by molar-refractivity contribution is -0.150. The van der Waals surface area contributed by atoms with Crippen LogP contribution >= 0.6 is 0 Å². The predicted molar refractivity (Wildman–Crippen MR) is 96.8 cm³/mol. The summed E-state index contributed by atoms with van der Waals surface area (Å²) in [7, 11) is 1.21. The standard InChI is InChI=1S/C19H26O9/c1-10(20)5-17(24)27-11(2)6-13-8-14(21)9-15(22)18(13)19(25)28-12(3)7-16(23)26-4/h8-12,20-22H,5-7H2,1-4H3/t10-,11-,12-/m1/s1. The maximum Gasteiger partial charge on any atom is 0.342 e. The largest absolute Gasteiger partial charge is 0.508 e. The minimum absolute atomic E-state index is 0.00330. The van der Waals surface area contributed by atoms with Crippen LogP contribution in [0.1, 0.15) is 49.5 Å². The average molecular weight is 398 g/mol. The van der Waals surface area contributed by atoms with Gasteiger partial charge in [-0.15, -0.1) is 0 Å². The monoisotopic (exact) mass is 398 g/mol. The van der Waals surface area contributed by atoms with Crippen molar-refractivity contribution in [3.05, 3.63) is 23.3 Å². The fraction of sp³-hybridized carbons (Fsp3) is 0.526. The van der Waals surface area contributed by atoms with Gasteiger partial charge >= 0.3 is 17.9 Å². The van der Waals surface area contributed by atoms with Gasteiger partial charge in [-0.05, 0) is 32.4 Å². The molecule has 9 nitrogen and oxygen atoms in total. The van der Waals surface area contributed by atoms with E-state index in [-0.39, 0.29) is 36.1 Å².